The van der Waals surface area contributed by atoms with E-state index in [-0.39, 0.29) is 0 Å². The number of aryl methyl sites for hydroxylation is 3. The maximum absolute atomic E-state index is 5.82. The van der Waals surface area contributed by atoms with Gasteiger partial charge in [-0.3, -0.25) is 0 Å². The van der Waals surface area contributed by atoms with Crippen molar-refractivity contribution in [3.8, 4) is 16.9 Å². The molecule has 1 heterocycles. The fourth-order valence-corrected chi connectivity index (χ4v) is 2.35. The minimum atomic E-state index is 0.477. The summed E-state index contributed by atoms with van der Waals surface area (Å²) in [5, 5.41) is 3.93. The lowest BCUT2D eigenvalue weighted by Crippen LogP contribution is -1.97. The number of rotatable bonds is 4. The molecule has 1 aromatic heterocycles. The van der Waals surface area contributed by atoms with Crippen molar-refractivity contribution in [3.05, 3.63) is 71.1 Å². The van der Waals surface area contributed by atoms with Crippen molar-refractivity contribution in [3.63, 3.8) is 0 Å². The summed E-state index contributed by atoms with van der Waals surface area (Å²) < 4.78 is 11.0. The van der Waals surface area contributed by atoms with Gasteiger partial charge < -0.3 is 9.26 Å². The zero-order valence-corrected chi connectivity index (χ0v) is 13.1. The summed E-state index contributed by atoms with van der Waals surface area (Å²) in [6, 6.07) is 16.7. The summed E-state index contributed by atoms with van der Waals surface area (Å²) in [5.41, 5.74) is 5.56. The van der Waals surface area contributed by atoms with Gasteiger partial charge in [-0.05, 0) is 44.0 Å². The summed E-state index contributed by atoms with van der Waals surface area (Å²) in [5.74, 6) is 1.66. The average Bonchev–Trinajstić information content (AvgIpc) is 2.85. The lowest BCUT2D eigenvalue weighted by atomic mass is 10.0. The van der Waals surface area contributed by atoms with E-state index >= 15 is 0 Å². The lowest BCUT2D eigenvalue weighted by molar-refractivity contribution is 0.302. The van der Waals surface area contributed by atoms with E-state index in [0.717, 1.165) is 22.8 Å². The van der Waals surface area contributed by atoms with Gasteiger partial charge in [0, 0.05) is 0 Å². The molecule has 3 heteroatoms. The molecule has 0 radical (unpaired) electrons. The van der Waals surface area contributed by atoms with Crippen molar-refractivity contribution in [2.24, 2.45) is 0 Å². The van der Waals surface area contributed by atoms with E-state index in [1.807, 2.05) is 26.0 Å². The summed E-state index contributed by atoms with van der Waals surface area (Å²) in [6.45, 7) is 6.40. The van der Waals surface area contributed by atoms with E-state index in [2.05, 4.69) is 48.5 Å². The van der Waals surface area contributed by atoms with Crippen molar-refractivity contribution in [1.82, 2.24) is 5.16 Å². The second-order valence-electron chi connectivity index (χ2n) is 5.48. The first-order valence-electron chi connectivity index (χ1n) is 7.35. The highest BCUT2D eigenvalue weighted by atomic mass is 16.5. The maximum Gasteiger partial charge on any atom is 0.140 e. The molecule has 0 amide bonds. The molecule has 0 aliphatic carbocycles. The molecule has 0 aliphatic rings. The Morgan fingerprint density at radius 2 is 1.45 bits per heavy atom. The van der Waals surface area contributed by atoms with Gasteiger partial charge >= 0.3 is 0 Å². The van der Waals surface area contributed by atoms with Gasteiger partial charge in [-0.2, -0.15) is 0 Å². The van der Waals surface area contributed by atoms with Crippen molar-refractivity contribution < 1.29 is 9.26 Å². The predicted molar refractivity (Wildman–Crippen MR) is 86.9 cm³/mol. The lowest BCUT2D eigenvalue weighted by Gasteiger charge is -2.07. The fourth-order valence-electron chi connectivity index (χ4n) is 2.35. The summed E-state index contributed by atoms with van der Waals surface area (Å²) in [6.07, 6.45) is 0. The van der Waals surface area contributed by atoms with Crippen LogP contribution in [0.15, 0.2) is 53.1 Å². The van der Waals surface area contributed by atoms with Crippen molar-refractivity contribution >= 4 is 0 Å². The van der Waals surface area contributed by atoms with E-state index in [9.17, 15) is 0 Å². The monoisotopic (exact) mass is 293 g/mol. The molecule has 112 valence electrons. The number of hydrogen-bond acceptors (Lipinski definition) is 3. The van der Waals surface area contributed by atoms with E-state index < -0.39 is 0 Å². The Hall–Kier alpha value is -2.55. The SMILES string of the molecule is Cc1ccc(-c2ccc(OCc3c(C)noc3C)cc2)cc1. The summed E-state index contributed by atoms with van der Waals surface area (Å²) >= 11 is 0. The molecule has 0 aliphatic heterocycles. The Kier molecular flexibility index (Phi) is 3.96. The molecule has 3 aromatic rings. The molecule has 0 atom stereocenters. The molecule has 0 N–H and O–H groups in total. The third-order valence-electron chi connectivity index (χ3n) is 3.80. The van der Waals surface area contributed by atoms with Crippen molar-refractivity contribution in [2.75, 3.05) is 0 Å². The van der Waals surface area contributed by atoms with Crippen LogP contribution in [0.2, 0.25) is 0 Å². The number of nitrogens with zero attached hydrogens (tertiary/aromatic N) is 1. The van der Waals surface area contributed by atoms with Crippen LogP contribution in [-0.2, 0) is 6.61 Å². The normalized spacial score (nSPS) is 10.7. The molecular formula is C19H19NO2. The largest absolute Gasteiger partial charge is 0.489 e. The van der Waals surface area contributed by atoms with Gasteiger partial charge in [0.15, 0.2) is 0 Å². The van der Waals surface area contributed by atoms with Crippen LogP contribution in [0.1, 0.15) is 22.6 Å². The predicted octanol–water partition coefficient (Wildman–Crippen LogP) is 4.85. The fraction of sp³-hybridized carbons (Fsp3) is 0.211. The van der Waals surface area contributed by atoms with Crippen LogP contribution in [0, 0.1) is 20.8 Å². The standard InChI is InChI=1S/C19H19NO2/c1-13-4-6-16(7-5-13)17-8-10-18(11-9-17)21-12-19-14(2)20-22-15(19)3/h4-11H,12H2,1-3H3. The van der Waals surface area contributed by atoms with Gasteiger partial charge in [-0.25, -0.2) is 0 Å². The summed E-state index contributed by atoms with van der Waals surface area (Å²) in [4.78, 5) is 0. The van der Waals surface area contributed by atoms with Gasteiger partial charge in [0.05, 0.1) is 11.3 Å². The van der Waals surface area contributed by atoms with E-state index in [0.29, 0.717) is 6.61 Å². The van der Waals surface area contributed by atoms with Crippen LogP contribution >= 0.6 is 0 Å². The van der Waals surface area contributed by atoms with Crippen LogP contribution in [0.4, 0.5) is 0 Å². The van der Waals surface area contributed by atoms with Crippen LogP contribution < -0.4 is 4.74 Å². The van der Waals surface area contributed by atoms with Crippen molar-refractivity contribution in [1.29, 1.82) is 0 Å². The molecular weight excluding hydrogens is 274 g/mol. The second-order valence-corrected chi connectivity index (χ2v) is 5.48. The average molecular weight is 293 g/mol. The number of ether oxygens (including phenoxy) is 1. The molecule has 0 fully saturated rings. The van der Waals surface area contributed by atoms with E-state index in [1.165, 1.54) is 16.7 Å². The Bertz CT molecular complexity index is 736. The maximum atomic E-state index is 5.82. The van der Waals surface area contributed by atoms with Gasteiger partial charge in [0.2, 0.25) is 0 Å². The summed E-state index contributed by atoms with van der Waals surface area (Å²) in [7, 11) is 0. The second kappa shape index (κ2) is 6.06. The molecule has 0 saturated carbocycles. The molecule has 0 saturated heterocycles. The Balaban J connectivity index is 1.70. The zero-order valence-electron chi connectivity index (χ0n) is 13.1. The minimum absolute atomic E-state index is 0.477. The highest BCUT2D eigenvalue weighted by molar-refractivity contribution is 5.64. The molecule has 3 nitrogen and oxygen atoms in total. The van der Waals surface area contributed by atoms with Crippen LogP contribution in [-0.4, -0.2) is 5.16 Å². The highest BCUT2D eigenvalue weighted by Gasteiger charge is 2.09. The third kappa shape index (κ3) is 3.03. The zero-order chi connectivity index (χ0) is 15.5. The molecule has 22 heavy (non-hydrogen) atoms. The van der Waals surface area contributed by atoms with Crippen LogP contribution in [0.3, 0.4) is 0 Å². The minimum Gasteiger partial charge on any atom is -0.489 e. The third-order valence-corrected chi connectivity index (χ3v) is 3.80. The van der Waals surface area contributed by atoms with Gasteiger partial charge in [-0.15, -0.1) is 0 Å². The highest BCUT2D eigenvalue weighted by Crippen LogP contribution is 2.24. The molecule has 0 unspecified atom stereocenters. The quantitative estimate of drug-likeness (QED) is 0.690. The first-order valence-corrected chi connectivity index (χ1v) is 7.35. The van der Waals surface area contributed by atoms with Gasteiger partial charge in [0.1, 0.15) is 18.1 Å². The Morgan fingerprint density at radius 3 is 2.00 bits per heavy atom. The van der Waals surface area contributed by atoms with E-state index in [1.54, 1.807) is 0 Å². The molecule has 0 spiro atoms. The van der Waals surface area contributed by atoms with Crippen LogP contribution in [0.25, 0.3) is 11.1 Å². The van der Waals surface area contributed by atoms with Crippen molar-refractivity contribution in [2.45, 2.75) is 27.4 Å². The smallest absolute Gasteiger partial charge is 0.140 e. The molecule has 2 aromatic carbocycles. The van der Waals surface area contributed by atoms with Crippen LogP contribution in [0.5, 0.6) is 5.75 Å². The topological polar surface area (TPSA) is 35.3 Å². The first kappa shape index (κ1) is 14.4. The Labute approximate surface area is 130 Å². The molecule has 0 bridgehead atoms. The first-order chi connectivity index (χ1) is 10.6. The van der Waals surface area contributed by atoms with E-state index in [4.69, 9.17) is 9.26 Å². The number of aromatic nitrogens is 1. The van der Waals surface area contributed by atoms with Gasteiger partial charge in [-0.1, -0.05) is 47.1 Å². The number of hydrogen-bond donors (Lipinski definition) is 0. The molecule has 3 rings (SSSR count). The van der Waals surface area contributed by atoms with Gasteiger partial charge in [0.25, 0.3) is 0 Å². The Morgan fingerprint density at radius 1 is 0.864 bits per heavy atom. The number of benzene rings is 2.